The number of fused-ring (bicyclic) bond motifs is 4. The zero-order valence-corrected chi connectivity index (χ0v) is 40.7. The van der Waals surface area contributed by atoms with E-state index < -0.39 is 120 Å². The number of phosphoric ester groups is 2. The van der Waals surface area contributed by atoms with E-state index in [1.54, 1.807) is 0 Å². The van der Waals surface area contributed by atoms with E-state index in [1.807, 2.05) is 6.92 Å². The molecule has 0 aromatic heterocycles. The maximum atomic E-state index is 13.7. The van der Waals surface area contributed by atoms with Gasteiger partial charge in [0.25, 0.3) is 0 Å². The number of hydrogen-bond acceptors (Lipinski definition) is 16. The van der Waals surface area contributed by atoms with Crippen LogP contribution in [-0.4, -0.2) is 137 Å². The summed E-state index contributed by atoms with van der Waals surface area (Å²) in [4.78, 5) is 56.7. The Bertz CT molecular complexity index is 1490. The fourth-order valence-electron chi connectivity index (χ4n) is 8.23. The Morgan fingerprint density at radius 2 is 1.42 bits per heavy atom. The third kappa shape index (κ3) is 24.8. The summed E-state index contributed by atoms with van der Waals surface area (Å²) in [5, 5.41) is 79.9. The van der Waals surface area contributed by atoms with Gasteiger partial charge in [-0.1, -0.05) is 115 Å². The average molecular weight is 989 g/mol. The van der Waals surface area contributed by atoms with E-state index >= 15 is 0 Å². The van der Waals surface area contributed by atoms with E-state index in [1.165, 1.54) is 31.8 Å². The lowest BCUT2D eigenvalue weighted by molar-refractivity contribution is -0.165. The van der Waals surface area contributed by atoms with Crippen molar-refractivity contribution >= 4 is 27.6 Å². The number of ether oxygens (including phenoxy) is 2. The van der Waals surface area contributed by atoms with Crippen LogP contribution in [0.25, 0.3) is 0 Å². The number of carbonyl (C=O) groups is 2. The van der Waals surface area contributed by atoms with E-state index in [-0.39, 0.29) is 25.7 Å². The van der Waals surface area contributed by atoms with Crippen LogP contribution in [0.2, 0.25) is 0 Å². The molecular weight excluding hydrogens is 906 g/mol. The molecule has 0 aromatic carbocycles. The number of unbranched alkanes of at least 4 members (excludes halogenated alkanes) is 11. The molecule has 1 unspecified atom stereocenters. The largest absolute Gasteiger partial charge is 0.472 e. The van der Waals surface area contributed by atoms with Crippen molar-refractivity contribution in [2.45, 2.75) is 223 Å². The number of cyclic esters (lactones) is 1. The molecule has 0 aromatic rings. The van der Waals surface area contributed by atoms with Crippen molar-refractivity contribution in [2.75, 3.05) is 13.2 Å². The summed E-state index contributed by atoms with van der Waals surface area (Å²) >= 11 is 0. The van der Waals surface area contributed by atoms with Gasteiger partial charge in [0.05, 0.1) is 37.1 Å². The Balaban J connectivity index is 2.41. The Kier molecular flexibility index (Phi) is 30.3. The van der Waals surface area contributed by atoms with Gasteiger partial charge in [-0.3, -0.25) is 23.2 Å². The van der Waals surface area contributed by atoms with Crippen LogP contribution in [0.15, 0.2) is 24.3 Å². The second-order valence-corrected chi connectivity index (χ2v) is 20.4. The Morgan fingerprint density at radius 3 is 2.09 bits per heavy atom. The van der Waals surface area contributed by atoms with Gasteiger partial charge < -0.3 is 59.9 Å². The predicted molar refractivity (Wildman–Crippen MR) is 243 cm³/mol. The van der Waals surface area contributed by atoms with Crippen LogP contribution in [-0.2, 0) is 41.8 Å². The van der Waals surface area contributed by atoms with Crippen LogP contribution in [0.5, 0.6) is 0 Å². The van der Waals surface area contributed by atoms with Gasteiger partial charge in [-0.15, -0.1) is 0 Å². The highest BCUT2D eigenvalue weighted by Crippen LogP contribution is 2.50. The lowest BCUT2D eigenvalue weighted by atomic mass is 9.82. The van der Waals surface area contributed by atoms with Crippen molar-refractivity contribution in [3.05, 3.63) is 24.3 Å². The summed E-state index contributed by atoms with van der Waals surface area (Å²) < 4.78 is 52.3. The molecule has 1 heterocycles. The zero-order chi connectivity index (χ0) is 49.1. The first kappa shape index (κ1) is 60.5. The van der Waals surface area contributed by atoms with Crippen LogP contribution in [0.1, 0.15) is 162 Å². The molecule has 2 fully saturated rings. The van der Waals surface area contributed by atoms with Gasteiger partial charge in [0.2, 0.25) is 0 Å². The second-order valence-electron chi connectivity index (χ2n) is 17.8. The molecule has 10 N–H and O–H groups in total. The molecule has 2 bridgehead atoms. The Morgan fingerprint density at radius 1 is 0.803 bits per heavy atom. The van der Waals surface area contributed by atoms with E-state index in [0.29, 0.717) is 38.5 Å². The van der Waals surface area contributed by atoms with Crippen LogP contribution in [0, 0.1) is 11.8 Å². The Labute approximate surface area is 390 Å². The minimum atomic E-state index is -5.76. The number of phosphoric acid groups is 2. The topological polar surface area (TPSA) is 317 Å². The number of aliphatic hydroxyl groups is 7. The quantitative estimate of drug-likeness (QED) is 0.0283. The third-order valence-corrected chi connectivity index (χ3v) is 13.6. The van der Waals surface area contributed by atoms with E-state index in [0.717, 1.165) is 57.4 Å². The summed E-state index contributed by atoms with van der Waals surface area (Å²) in [5.41, 5.74) is 0. The van der Waals surface area contributed by atoms with Gasteiger partial charge in [0.15, 0.2) is 6.10 Å². The molecule has 21 heteroatoms. The minimum Gasteiger partial charge on any atom is -0.462 e. The lowest BCUT2D eigenvalue weighted by Crippen LogP contribution is -2.56. The van der Waals surface area contributed by atoms with Gasteiger partial charge in [-0.25, -0.2) is 9.13 Å². The Hall–Kier alpha value is -1.64. The third-order valence-electron chi connectivity index (χ3n) is 12.1. The highest BCUT2D eigenvalue weighted by Gasteiger charge is 2.51. The summed E-state index contributed by atoms with van der Waals surface area (Å²) in [5.74, 6) is -4.39. The first-order valence-electron chi connectivity index (χ1n) is 24.1. The zero-order valence-electron chi connectivity index (χ0n) is 39.0. The summed E-state index contributed by atoms with van der Waals surface area (Å²) in [7, 11) is -11.4. The molecular formula is C45H82O19P2. The SMILES string of the molecule is CCCCCC/C=C\CCCCCCCC(=O)O[C@@H]1COC(=O)CCCCCC[C@@H]2[C@@H](O)[C@H](O)[C@@H](O)[C@H](OP(=O)(O)OC1)[C@H](OP(=O)(O)O)[C@H](O)[C@@H](C=C[C@@H](O)CCCCC)[C@H](O)C[C@@H]2O. The van der Waals surface area contributed by atoms with Crippen molar-refractivity contribution in [3.63, 3.8) is 0 Å². The minimum absolute atomic E-state index is 0.0258. The fourth-order valence-corrected chi connectivity index (χ4v) is 9.76. The van der Waals surface area contributed by atoms with Crippen LogP contribution >= 0.6 is 15.6 Å². The molecule has 19 nitrogen and oxygen atoms in total. The molecule has 1 aliphatic carbocycles. The van der Waals surface area contributed by atoms with Crippen molar-refractivity contribution in [3.8, 4) is 0 Å². The highest BCUT2D eigenvalue weighted by molar-refractivity contribution is 7.47. The molecule has 2 rings (SSSR count). The molecule has 1 saturated carbocycles. The first-order valence-corrected chi connectivity index (χ1v) is 27.2. The molecule has 0 amide bonds. The molecule has 0 spiro atoms. The van der Waals surface area contributed by atoms with Gasteiger partial charge >= 0.3 is 27.6 Å². The van der Waals surface area contributed by atoms with E-state index in [4.69, 9.17) is 23.0 Å². The molecule has 1 saturated heterocycles. The van der Waals surface area contributed by atoms with Crippen LogP contribution in [0.3, 0.4) is 0 Å². The number of esters is 2. The average Bonchev–Trinajstić information content (AvgIpc) is 3.25. The monoisotopic (exact) mass is 988 g/mol. The molecule has 0 radical (unpaired) electrons. The summed E-state index contributed by atoms with van der Waals surface area (Å²) in [6.07, 6.45) is 0.329. The molecule has 66 heavy (non-hydrogen) atoms. The van der Waals surface area contributed by atoms with Gasteiger partial charge in [-0.05, 0) is 51.4 Å². The van der Waals surface area contributed by atoms with Gasteiger partial charge in [-0.2, -0.15) is 0 Å². The normalized spacial score (nSPS) is 32.4. The van der Waals surface area contributed by atoms with Crippen molar-refractivity contribution in [2.24, 2.45) is 11.8 Å². The lowest BCUT2D eigenvalue weighted by Gasteiger charge is -2.39. The number of aliphatic hydroxyl groups excluding tert-OH is 7. The van der Waals surface area contributed by atoms with Gasteiger partial charge in [0.1, 0.15) is 31.0 Å². The van der Waals surface area contributed by atoms with Gasteiger partial charge in [0, 0.05) is 31.1 Å². The fraction of sp³-hybridized carbons (Fsp3) is 0.867. The number of rotatable bonds is 22. The van der Waals surface area contributed by atoms with Crippen molar-refractivity contribution in [1.82, 2.24) is 0 Å². The standard InChI is InChI=1S/C45H82O19P2/c1-3-5-7-8-9-10-11-12-13-14-15-16-22-26-39(50)62-33-30-60-38(49)25-21-18-17-20-24-34-36(47)29-37(48)35(28-27-32(46)23-19-6-4-2)41(52)44(63-65(55,56)57)45(43(54)42(53)40(34)51)64-66(58,59)61-31-33/h10-11,27-28,32-37,40-48,51-54H,3-9,12-26,29-31H2,1-2H3,(H,58,59)(H2,55,56,57)/b11-10-,28-27?/t32-,33+,34-,35-,36-,37+,40+,41+,42-,43+,44+,45-/m0/s1. The predicted octanol–water partition coefficient (Wildman–Crippen LogP) is 5.33. The summed E-state index contributed by atoms with van der Waals surface area (Å²) in [6, 6.07) is 0. The summed E-state index contributed by atoms with van der Waals surface area (Å²) in [6.45, 7) is 2.57. The van der Waals surface area contributed by atoms with Crippen molar-refractivity contribution < 1.29 is 92.2 Å². The van der Waals surface area contributed by atoms with E-state index in [9.17, 15) is 69.1 Å². The van der Waals surface area contributed by atoms with E-state index in [2.05, 4.69) is 19.1 Å². The molecule has 1 aliphatic heterocycles. The van der Waals surface area contributed by atoms with Crippen LogP contribution in [0.4, 0.5) is 0 Å². The van der Waals surface area contributed by atoms with Crippen LogP contribution < -0.4 is 0 Å². The number of hydrogen-bond donors (Lipinski definition) is 10. The van der Waals surface area contributed by atoms with Crippen molar-refractivity contribution in [1.29, 1.82) is 0 Å². The maximum absolute atomic E-state index is 13.7. The first-order chi connectivity index (χ1) is 31.3. The maximum Gasteiger partial charge on any atom is 0.472 e. The highest BCUT2D eigenvalue weighted by atomic mass is 31.2. The number of carbonyl (C=O) groups excluding carboxylic acids is 2. The number of allylic oxidation sites excluding steroid dienone is 2. The second kappa shape index (κ2) is 33.0. The molecule has 2 aliphatic rings. The molecule has 386 valence electrons. The smallest absolute Gasteiger partial charge is 0.462 e. The molecule has 13 atom stereocenters.